The molecule has 0 amide bonds. The van der Waals surface area contributed by atoms with Gasteiger partial charge in [-0.25, -0.2) is 18.4 Å². The summed E-state index contributed by atoms with van der Waals surface area (Å²) in [6.07, 6.45) is 3.44. The highest BCUT2D eigenvalue weighted by Gasteiger charge is 2.32. The number of nitrogens with zero attached hydrogens (tertiary/aromatic N) is 3. The fraction of sp³-hybridized carbons (Fsp3) is 0.474. The Kier molecular flexibility index (Phi) is 6.08. The Morgan fingerprint density at radius 3 is 2.85 bits per heavy atom. The molecule has 1 saturated heterocycles. The van der Waals surface area contributed by atoms with Crippen LogP contribution in [-0.4, -0.2) is 50.0 Å². The van der Waals surface area contributed by atoms with E-state index in [2.05, 4.69) is 9.97 Å². The van der Waals surface area contributed by atoms with Gasteiger partial charge in [0.15, 0.2) is 0 Å². The zero-order valence-electron chi connectivity index (χ0n) is 15.9. The number of aryl methyl sites for hydroxylation is 1. The SMILES string of the molecule is COCc1cnc(C)nc1C1CCCN(S(=O)(=O)c2cccc(OC)c2)C1. The molecule has 2 aromatic rings. The van der Waals surface area contributed by atoms with E-state index < -0.39 is 10.0 Å². The van der Waals surface area contributed by atoms with Crippen molar-refractivity contribution in [3.8, 4) is 5.75 Å². The Bertz CT molecular complexity index is 902. The number of hydrogen-bond donors (Lipinski definition) is 0. The maximum Gasteiger partial charge on any atom is 0.243 e. The van der Waals surface area contributed by atoms with Gasteiger partial charge in [0.1, 0.15) is 11.6 Å². The molecule has 0 radical (unpaired) electrons. The molecule has 1 aliphatic heterocycles. The molecule has 1 aliphatic rings. The second-order valence-electron chi connectivity index (χ2n) is 6.64. The van der Waals surface area contributed by atoms with Crippen LogP contribution in [-0.2, 0) is 21.4 Å². The van der Waals surface area contributed by atoms with Crippen molar-refractivity contribution in [2.45, 2.75) is 37.2 Å². The van der Waals surface area contributed by atoms with E-state index >= 15 is 0 Å². The summed E-state index contributed by atoms with van der Waals surface area (Å²) in [5.74, 6) is 1.22. The lowest BCUT2D eigenvalue weighted by atomic mass is 9.93. The third-order valence-corrected chi connectivity index (χ3v) is 6.63. The minimum atomic E-state index is -3.59. The summed E-state index contributed by atoms with van der Waals surface area (Å²) in [6.45, 7) is 3.15. The minimum absolute atomic E-state index is 0.0194. The number of aromatic nitrogens is 2. The third-order valence-electron chi connectivity index (χ3n) is 4.77. The number of piperidine rings is 1. The first-order valence-corrected chi connectivity index (χ1v) is 10.3. The molecule has 0 bridgehead atoms. The zero-order chi connectivity index (χ0) is 19.4. The van der Waals surface area contributed by atoms with Gasteiger partial charge in [-0.15, -0.1) is 0 Å². The van der Waals surface area contributed by atoms with Crippen molar-refractivity contribution in [3.05, 3.63) is 47.5 Å². The Balaban J connectivity index is 1.89. The van der Waals surface area contributed by atoms with Gasteiger partial charge in [0.05, 0.1) is 24.3 Å². The average molecular weight is 391 g/mol. The predicted molar refractivity (Wildman–Crippen MR) is 101 cm³/mol. The lowest BCUT2D eigenvalue weighted by molar-refractivity contribution is 0.182. The number of rotatable bonds is 6. The van der Waals surface area contributed by atoms with Gasteiger partial charge < -0.3 is 9.47 Å². The highest BCUT2D eigenvalue weighted by atomic mass is 32.2. The van der Waals surface area contributed by atoms with Crippen LogP contribution in [0.25, 0.3) is 0 Å². The van der Waals surface area contributed by atoms with Crippen LogP contribution in [0.4, 0.5) is 0 Å². The van der Waals surface area contributed by atoms with Gasteiger partial charge in [-0.3, -0.25) is 0 Å². The van der Waals surface area contributed by atoms with Crippen molar-refractivity contribution in [3.63, 3.8) is 0 Å². The van der Waals surface area contributed by atoms with Gasteiger partial charge in [0.25, 0.3) is 0 Å². The molecule has 0 saturated carbocycles. The summed E-state index contributed by atoms with van der Waals surface area (Å²) >= 11 is 0. The van der Waals surface area contributed by atoms with Crippen LogP contribution in [0.15, 0.2) is 35.4 Å². The average Bonchev–Trinajstić information content (AvgIpc) is 2.69. The number of methoxy groups -OCH3 is 2. The summed E-state index contributed by atoms with van der Waals surface area (Å²) in [4.78, 5) is 9.10. The fourth-order valence-corrected chi connectivity index (χ4v) is 4.99. The van der Waals surface area contributed by atoms with E-state index in [0.29, 0.717) is 31.3 Å². The first-order valence-electron chi connectivity index (χ1n) is 8.91. The van der Waals surface area contributed by atoms with Crippen LogP contribution in [0.1, 0.15) is 35.8 Å². The molecule has 2 heterocycles. The van der Waals surface area contributed by atoms with Crippen molar-refractivity contribution in [2.75, 3.05) is 27.3 Å². The van der Waals surface area contributed by atoms with E-state index in [1.807, 2.05) is 6.92 Å². The van der Waals surface area contributed by atoms with Gasteiger partial charge in [-0.2, -0.15) is 4.31 Å². The van der Waals surface area contributed by atoms with Crippen molar-refractivity contribution < 1.29 is 17.9 Å². The van der Waals surface area contributed by atoms with E-state index in [-0.39, 0.29) is 10.8 Å². The first kappa shape index (κ1) is 19.7. The molecule has 0 spiro atoms. The summed E-state index contributed by atoms with van der Waals surface area (Å²) in [7, 11) is -0.438. The van der Waals surface area contributed by atoms with Gasteiger partial charge in [0.2, 0.25) is 10.0 Å². The van der Waals surface area contributed by atoms with Gasteiger partial charge in [-0.1, -0.05) is 6.07 Å². The largest absolute Gasteiger partial charge is 0.497 e. The standard InChI is InChI=1S/C19H25N3O4S/c1-14-20-11-16(13-25-2)19(21-14)15-6-5-9-22(12-15)27(23,24)18-8-4-7-17(10-18)26-3/h4,7-8,10-11,15H,5-6,9,12-13H2,1-3H3. The number of sulfonamides is 1. The van der Waals surface area contributed by atoms with Crippen LogP contribution in [0.2, 0.25) is 0 Å². The van der Waals surface area contributed by atoms with E-state index in [4.69, 9.17) is 9.47 Å². The van der Waals surface area contributed by atoms with Gasteiger partial charge >= 0.3 is 0 Å². The molecule has 1 aromatic heterocycles. The lowest BCUT2D eigenvalue weighted by Crippen LogP contribution is -2.39. The Morgan fingerprint density at radius 1 is 1.30 bits per heavy atom. The molecule has 1 fully saturated rings. The maximum atomic E-state index is 13.1. The first-order chi connectivity index (χ1) is 13.0. The fourth-order valence-electron chi connectivity index (χ4n) is 3.43. The van der Waals surface area contributed by atoms with E-state index in [0.717, 1.165) is 24.1 Å². The quantitative estimate of drug-likeness (QED) is 0.753. The monoisotopic (exact) mass is 391 g/mol. The van der Waals surface area contributed by atoms with Crippen molar-refractivity contribution in [1.29, 1.82) is 0 Å². The van der Waals surface area contributed by atoms with E-state index in [9.17, 15) is 8.42 Å². The van der Waals surface area contributed by atoms with Crippen molar-refractivity contribution in [1.82, 2.24) is 14.3 Å². The molecule has 0 N–H and O–H groups in total. The molecule has 1 atom stereocenters. The molecule has 3 rings (SSSR count). The van der Waals surface area contributed by atoms with E-state index in [1.165, 1.54) is 7.11 Å². The minimum Gasteiger partial charge on any atom is -0.497 e. The molecular formula is C19H25N3O4S. The number of hydrogen-bond acceptors (Lipinski definition) is 6. The van der Waals surface area contributed by atoms with Gasteiger partial charge in [0, 0.05) is 43.9 Å². The summed E-state index contributed by atoms with van der Waals surface area (Å²) in [6, 6.07) is 6.59. The highest BCUT2D eigenvalue weighted by Crippen LogP contribution is 2.32. The maximum absolute atomic E-state index is 13.1. The summed E-state index contributed by atoms with van der Waals surface area (Å²) in [5.41, 5.74) is 1.80. The third kappa shape index (κ3) is 4.28. The normalized spacial score (nSPS) is 18.4. The van der Waals surface area contributed by atoms with Crippen LogP contribution in [0.5, 0.6) is 5.75 Å². The predicted octanol–water partition coefficient (Wildman–Crippen LogP) is 2.51. The van der Waals surface area contributed by atoms with Crippen LogP contribution in [0, 0.1) is 6.92 Å². The van der Waals surface area contributed by atoms with Crippen LogP contribution >= 0.6 is 0 Å². The molecule has 8 heteroatoms. The molecule has 27 heavy (non-hydrogen) atoms. The molecule has 7 nitrogen and oxygen atoms in total. The number of benzene rings is 1. The molecule has 146 valence electrons. The molecular weight excluding hydrogens is 366 g/mol. The summed E-state index contributed by atoms with van der Waals surface area (Å²) in [5, 5.41) is 0. The second-order valence-corrected chi connectivity index (χ2v) is 8.58. The molecule has 1 unspecified atom stereocenters. The smallest absolute Gasteiger partial charge is 0.243 e. The van der Waals surface area contributed by atoms with Crippen molar-refractivity contribution >= 4 is 10.0 Å². The van der Waals surface area contributed by atoms with Crippen LogP contribution < -0.4 is 4.74 Å². The zero-order valence-corrected chi connectivity index (χ0v) is 16.7. The Morgan fingerprint density at radius 2 is 2.11 bits per heavy atom. The molecule has 0 aliphatic carbocycles. The topological polar surface area (TPSA) is 81.6 Å². The Hall–Kier alpha value is -2.03. The number of ether oxygens (including phenoxy) is 2. The Labute approximate surface area is 160 Å². The van der Waals surface area contributed by atoms with E-state index in [1.54, 1.807) is 41.9 Å². The van der Waals surface area contributed by atoms with Gasteiger partial charge in [-0.05, 0) is 31.9 Å². The molecule has 1 aromatic carbocycles. The second kappa shape index (κ2) is 8.33. The van der Waals surface area contributed by atoms with Crippen molar-refractivity contribution in [2.24, 2.45) is 0 Å². The lowest BCUT2D eigenvalue weighted by Gasteiger charge is -2.32. The summed E-state index contributed by atoms with van der Waals surface area (Å²) < 4.78 is 38.2. The van der Waals surface area contributed by atoms with Crippen LogP contribution in [0.3, 0.4) is 0 Å². The highest BCUT2D eigenvalue weighted by molar-refractivity contribution is 7.89.